The molecule has 0 saturated carbocycles. The van der Waals surface area contributed by atoms with E-state index >= 15 is 0 Å². The number of benzene rings is 3. The molecule has 0 spiro atoms. The third-order valence-corrected chi connectivity index (χ3v) is 6.56. The maximum atomic E-state index is 13.2. The Labute approximate surface area is 221 Å². The number of halogens is 7. The number of alkyl halides is 6. The van der Waals surface area contributed by atoms with E-state index in [4.69, 9.17) is 0 Å². The molecule has 0 aliphatic carbocycles. The van der Waals surface area contributed by atoms with Gasteiger partial charge in [-0.25, -0.2) is 0 Å². The summed E-state index contributed by atoms with van der Waals surface area (Å²) in [6.45, 7) is 0. The average molecular weight is 620 g/mol. The third kappa shape index (κ3) is 5.46. The predicted octanol–water partition coefficient (Wildman–Crippen LogP) is 9.27. The van der Waals surface area contributed by atoms with Gasteiger partial charge in [-0.05, 0) is 82.2 Å². The van der Waals surface area contributed by atoms with Crippen LogP contribution in [0.15, 0.2) is 91.3 Å². The van der Waals surface area contributed by atoms with Crippen LogP contribution in [0.5, 0.6) is 0 Å². The Morgan fingerprint density at radius 1 is 0.514 bits per heavy atom. The minimum Gasteiger partial charge on any atom is -0.256 e. The molecule has 0 radical (unpaired) electrons. The number of aromatic nitrogens is 2. The van der Waals surface area contributed by atoms with Crippen LogP contribution in [0.2, 0.25) is 0 Å². The first kappa shape index (κ1) is 25.2. The van der Waals surface area contributed by atoms with Gasteiger partial charge in [-0.2, -0.15) is 26.3 Å². The van der Waals surface area contributed by atoms with E-state index in [0.717, 1.165) is 25.6 Å². The summed E-state index contributed by atoms with van der Waals surface area (Å²) < 4.78 is 80.4. The second-order valence-corrected chi connectivity index (χ2v) is 9.61. The fourth-order valence-electron chi connectivity index (χ4n) is 3.94. The molecule has 0 bridgehead atoms. The number of fused-ring (bicyclic) bond motifs is 1. The van der Waals surface area contributed by atoms with Crippen LogP contribution in [0.3, 0.4) is 0 Å². The van der Waals surface area contributed by atoms with Gasteiger partial charge in [0.15, 0.2) is 0 Å². The van der Waals surface area contributed by atoms with Gasteiger partial charge in [0.1, 0.15) is 0 Å². The van der Waals surface area contributed by atoms with E-state index in [1.54, 1.807) is 12.3 Å². The zero-order valence-corrected chi connectivity index (χ0v) is 20.9. The second-order valence-electron chi connectivity index (χ2n) is 8.37. The Balaban J connectivity index is 1.47. The highest BCUT2D eigenvalue weighted by Crippen LogP contribution is 2.38. The standard InChI is InChI=1S/C28H15F6IN2/c29-27(30,31)22-10-20(11-23(13-22)28(32,33)34)25-8-5-19(14-36-25)21-9-18-2-1-17(12-26(18)37-15-21)16-3-6-24(35)7-4-16/h1-15H. The smallest absolute Gasteiger partial charge is 0.256 e. The second kappa shape index (κ2) is 9.44. The van der Waals surface area contributed by atoms with Crippen molar-refractivity contribution in [3.8, 4) is 33.5 Å². The molecule has 9 heteroatoms. The first-order valence-corrected chi connectivity index (χ1v) is 12.0. The van der Waals surface area contributed by atoms with E-state index < -0.39 is 23.5 Å². The van der Waals surface area contributed by atoms with Crippen molar-refractivity contribution in [2.24, 2.45) is 0 Å². The van der Waals surface area contributed by atoms with Crippen molar-refractivity contribution in [3.63, 3.8) is 0 Å². The molecule has 0 atom stereocenters. The Morgan fingerprint density at radius 3 is 1.70 bits per heavy atom. The fourth-order valence-corrected chi connectivity index (χ4v) is 4.30. The van der Waals surface area contributed by atoms with Crippen molar-refractivity contribution >= 4 is 33.5 Å². The molecule has 3 aromatic carbocycles. The van der Waals surface area contributed by atoms with Gasteiger partial charge in [0.2, 0.25) is 0 Å². The van der Waals surface area contributed by atoms with Crippen LogP contribution in [-0.2, 0) is 12.4 Å². The van der Waals surface area contributed by atoms with Gasteiger partial charge in [0, 0.05) is 38.0 Å². The zero-order chi connectivity index (χ0) is 26.4. The van der Waals surface area contributed by atoms with Crippen molar-refractivity contribution in [2.75, 3.05) is 0 Å². The molecule has 186 valence electrons. The van der Waals surface area contributed by atoms with E-state index in [0.29, 0.717) is 23.3 Å². The summed E-state index contributed by atoms with van der Waals surface area (Å²) in [5, 5.41) is 0.878. The fraction of sp³-hybridized carbons (Fsp3) is 0.0714. The van der Waals surface area contributed by atoms with Crippen LogP contribution >= 0.6 is 22.6 Å². The molecule has 5 rings (SSSR count). The van der Waals surface area contributed by atoms with Crippen LogP contribution in [0.1, 0.15) is 11.1 Å². The molecule has 37 heavy (non-hydrogen) atoms. The average Bonchev–Trinajstić information content (AvgIpc) is 2.87. The van der Waals surface area contributed by atoms with Gasteiger partial charge >= 0.3 is 12.4 Å². The minimum absolute atomic E-state index is 0.00346. The van der Waals surface area contributed by atoms with Crippen molar-refractivity contribution in [2.45, 2.75) is 12.4 Å². The molecular weight excluding hydrogens is 605 g/mol. The summed E-state index contributed by atoms with van der Waals surface area (Å²) in [5.41, 5.74) is 1.18. The molecule has 2 heterocycles. The van der Waals surface area contributed by atoms with Crippen molar-refractivity contribution in [1.29, 1.82) is 0 Å². The normalized spacial score (nSPS) is 12.2. The van der Waals surface area contributed by atoms with E-state index in [9.17, 15) is 26.3 Å². The zero-order valence-electron chi connectivity index (χ0n) is 18.7. The van der Waals surface area contributed by atoms with E-state index in [2.05, 4.69) is 32.6 Å². The van der Waals surface area contributed by atoms with Crippen molar-refractivity contribution < 1.29 is 26.3 Å². The van der Waals surface area contributed by atoms with Crippen LogP contribution in [0.4, 0.5) is 26.3 Å². The quantitative estimate of drug-likeness (QED) is 0.149. The highest BCUT2D eigenvalue weighted by molar-refractivity contribution is 14.1. The Bertz CT molecular complexity index is 1560. The highest BCUT2D eigenvalue weighted by Gasteiger charge is 2.37. The molecule has 2 aromatic heterocycles. The van der Waals surface area contributed by atoms with Gasteiger partial charge in [-0.15, -0.1) is 0 Å². The molecule has 5 aromatic rings. The Hall–Kier alpha value is -3.47. The van der Waals surface area contributed by atoms with E-state index in [1.165, 1.54) is 12.3 Å². The lowest BCUT2D eigenvalue weighted by atomic mass is 10.0. The molecule has 0 fully saturated rings. The summed E-state index contributed by atoms with van der Waals surface area (Å²) in [7, 11) is 0. The van der Waals surface area contributed by atoms with Crippen LogP contribution in [-0.4, -0.2) is 9.97 Å². The van der Waals surface area contributed by atoms with Gasteiger partial charge < -0.3 is 0 Å². The molecule has 0 N–H and O–H groups in total. The maximum absolute atomic E-state index is 13.2. The topological polar surface area (TPSA) is 25.8 Å². The van der Waals surface area contributed by atoms with Gasteiger partial charge in [-0.1, -0.05) is 30.3 Å². The molecule has 0 amide bonds. The summed E-state index contributed by atoms with van der Waals surface area (Å²) in [5.74, 6) is 0. The van der Waals surface area contributed by atoms with Crippen LogP contribution in [0.25, 0.3) is 44.4 Å². The summed E-state index contributed by atoms with van der Waals surface area (Å²) in [6, 6.07) is 20.4. The lowest BCUT2D eigenvalue weighted by Crippen LogP contribution is -2.11. The van der Waals surface area contributed by atoms with Gasteiger partial charge in [-0.3, -0.25) is 9.97 Å². The molecule has 0 aliphatic heterocycles. The Morgan fingerprint density at radius 2 is 1.11 bits per heavy atom. The number of nitrogens with zero attached hydrogens (tertiary/aromatic N) is 2. The van der Waals surface area contributed by atoms with Crippen molar-refractivity contribution in [3.05, 3.63) is 106 Å². The van der Waals surface area contributed by atoms with E-state index in [1.807, 2.05) is 48.5 Å². The van der Waals surface area contributed by atoms with Gasteiger partial charge in [0.25, 0.3) is 0 Å². The van der Waals surface area contributed by atoms with Crippen LogP contribution < -0.4 is 0 Å². The first-order chi connectivity index (χ1) is 17.5. The molecule has 2 nitrogen and oxygen atoms in total. The maximum Gasteiger partial charge on any atom is 0.416 e. The largest absolute Gasteiger partial charge is 0.416 e. The monoisotopic (exact) mass is 620 g/mol. The van der Waals surface area contributed by atoms with Crippen LogP contribution in [0, 0.1) is 3.57 Å². The molecule has 0 saturated heterocycles. The lowest BCUT2D eigenvalue weighted by molar-refractivity contribution is -0.143. The first-order valence-electron chi connectivity index (χ1n) is 10.9. The predicted molar refractivity (Wildman–Crippen MR) is 139 cm³/mol. The number of hydrogen-bond donors (Lipinski definition) is 0. The van der Waals surface area contributed by atoms with Gasteiger partial charge in [0.05, 0.1) is 22.3 Å². The Kier molecular flexibility index (Phi) is 6.43. The van der Waals surface area contributed by atoms with E-state index in [-0.39, 0.29) is 17.3 Å². The molecular formula is C28H15F6IN2. The molecule has 0 unspecified atom stereocenters. The molecule has 0 aliphatic rings. The highest BCUT2D eigenvalue weighted by atomic mass is 127. The SMILES string of the molecule is FC(F)(F)c1cc(-c2ccc(-c3cnc4cc(-c5ccc(I)cc5)ccc4c3)cn2)cc(C(F)(F)F)c1. The van der Waals surface area contributed by atoms with Crippen molar-refractivity contribution in [1.82, 2.24) is 9.97 Å². The summed E-state index contributed by atoms with van der Waals surface area (Å²) in [4.78, 5) is 8.69. The summed E-state index contributed by atoms with van der Waals surface area (Å²) >= 11 is 2.25. The minimum atomic E-state index is -4.92. The third-order valence-electron chi connectivity index (χ3n) is 5.84. The summed E-state index contributed by atoms with van der Waals surface area (Å²) in [6.07, 6.45) is -6.79. The number of pyridine rings is 2. The number of hydrogen-bond acceptors (Lipinski definition) is 2. The lowest BCUT2D eigenvalue weighted by Gasteiger charge is -2.14. The number of rotatable bonds is 3.